The summed E-state index contributed by atoms with van der Waals surface area (Å²) < 4.78 is 5.04. The van der Waals surface area contributed by atoms with E-state index in [1.54, 1.807) is 36.1 Å². The van der Waals surface area contributed by atoms with Gasteiger partial charge in [-0.3, -0.25) is 9.59 Å². The fourth-order valence-electron chi connectivity index (χ4n) is 3.44. The number of carbonyl (C=O) groups excluding carboxylic acids is 3. The second-order valence-electron chi connectivity index (χ2n) is 6.95. The number of anilines is 2. The number of esters is 1. The zero-order chi connectivity index (χ0) is 20.3. The Morgan fingerprint density at radius 2 is 1.93 bits per heavy atom. The molecule has 0 bridgehead atoms. The minimum atomic E-state index is -0.488. The Morgan fingerprint density at radius 3 is 2.64 bits per heavy atom. The molecular formula is C22H24N2O4. The minimum Gasteiger partial charge on any atom is -0.462 e. The molecule has 2 aromatic rings. The number of nitrogens with zero attached hydrogens (tertiary/aromatic N) is 1. The first-order valence-electron chi connectivity index (χ1n) is 9.35. The van der Waals surface area contributed by atoms with Gasteiger partial charge in [0.25, 0.3) is 0 Å². The summed E-state index contributed by atoms with van der Waals surface area (Å²) in [6.45, 7) is 6.25. The molecular weight excluding hydrogens is 356 g/mol. The molecule has 0 saturated carbocycles. The van der Waals surface area contributed by atoms with Gasteiger partial charge >= 0.3 is 5.97 Å². The van der Waals surface area contributed by atoms with Crippen LogP contribution in [0.25, 0.3) is 0 Å². The van der Waals surface area contributed by atoms with E-state index in [-0.39, 0.29) is 24.8 Å². The maximum Gasteiger partial charge on any atom is 0.340 e. The number of aryl methyl sites for hydroxylation is 2. The van der Waals surface area contributed by atoms with Crippen LogP contribution in [-0.2, 0) is 14.3 Å². The topological polar surface area (TPSA) is 75.7 Å². The van der Waals surface area contributed by atoms with Gasteiger partial charge in [0, 0.05) is 18.7 Å². The van der Waals surface area contributed by atoms with Gasteiger partial charge < -0.3 is 15.0 Å². The van der Waals surface area contributed by atoms with Crippen LogP contribution in [0.5, 0.6) is 0 Å². The van der Waals surface area contributed by atoms with Crippen molar-refractivity contribution >= 4 is 29.2 Å². The molecule has 2 aromatic carbocycles. The standard InChI is InChI=1S/C22H24N2O4/c1-4-28-22(27)17-7-5-6-8-18(17)23-21(26)16-12-20(25)24(13-16)19-10-9-14(2)11-15(19)3/h5-11,16H,4,12-13H2,1-3H3,(H,23,26). The molecule has 6 nitrogen and oxygen atoms in total. The Labute approximate surface area is 164 Å². The third kappa shape index (κ3) is 4.06. The molecule has 1 aliphatic rings. The van der Waals surface area contributed by atoms with Crippen molar-refractivity contribution in [2.45, 2.75) is 27.2 Å². The Bertz CT molecular complexity index is 923. The average Bonchev–Trinajstić information content (AvgIpc) is 3.04. The summed E-state index contributed by atoms with van der Waals surface area (Å²) in [5, 5.41) is 2.79. The van der Waals surface area contributed by atoms with E-state index >= 15 is 0 Å². The first kappa shape index (κ1) is 19.6. The number of nitrogens with one attached hydrogen (secondary N) is 1. The largest absolute Gasteiger partial charge is 0.462 e. The molecule has 2 amide bonds. The van der Waals surface area contributed by atoms with E-state index in [2.05, 4.69) is 5.32 Å². The van der Waals surface area contributed by atoms with Crippen molar-refractivity contribution in [3.63, 3.8) is 0 Å². The Kier molecular flexibility index (Phi) is 5.78. The number of hydrogen-bond acceptors (Lipinski definition) is 4. The highest BCUT2D eigenvalue weighted by molar-refractivity contribution is 6.06. The second-order valence-corrected chi connectivity index (χ2v) is 6.95. The van der Waals surface area contributed by atoms with Crippen LogP contribution >= 0.6 is 0 Å². The smallest absolute Gasteiger partial charge is 0.340 e. The van der Waals surface area contributed by atoms with Crippen molar-refractivity contribution in [2.75, 3.05) is 23.4 Å². The number of rotatable bonds is 5. The van der Waals surface area contributed by atoms with Crippen LogP contribution in [0.2, 0.25) is 0 Å². The summed E-state index contributed by atoms with van der Waals surface area (Å²) in [5.41, 5.74) is 3.65. The normalized spacial score (nSPS) is 16.2. The number of hydrogen-bond donors (Lipinski definition) is 1. The number of amides is 2. The van der Waals surface area contributed by atoms with Gasteiger partial charge in [0.1, 0.15) is 0 Å². The van der Waals surface area contributed by atoms with Crippen molar-refractivity contribution < 1.29 is 19.1 Å². The minimum absolute atomic E-state index is 0.0780. The molecule has 6 heteroatoms. The lowest BCUT2D eigenvalue weighted by Crippen LogP contribution is -2.29. The number of ether oxygens (including phenoxy) is 1. The lowest BCUT2D eigenvalue weighted by molar-refractivity contribution is -0.122. The predicted molar refractivity (Wildman–Crippen MR) is 107 cm³/mol. The summed E-state index contributed by atoms with van der Waals surface area (Å²) in [7, 11) is 0. The molecule has 1 saturated heterocycles. The highest BCUT2D eigenvalue weighted by Gasteiger charge is 2.36. The molecule has 1 fully saturated rings. The molecule has 0 spiro atoms. The SMILES string of the molecule is CCOC(=O)c1ccccc1NC(=O)C1CC(=O)N(c2ccc(C)cc2C)C1. The molecule has 3 rings (SSSR count). The third-order valence-electron chi connectivity index (χ3n) is 4.82. The Balaban J connectivity index is 1.75. The number of carbonyl (C=O) groups is 3. The van der Waals surface area contributed by atoms with E-state index in [1.807, 2.05) is 32.0 Å². The lowest BCUT2D eigenvalue weighted by Gasteiger charge is -2.19. The average molecular weight is 380 g/mol. The summed E-state index contributed by atoms with van der Waals surface area (Å²) in [6, 6.07) is 12.6. The van der Waals surface area contributed by atoms with E-state index in [1.165, 1.54) is 0 Å². The van der Waals surface area contributed by atoms with Crippen LogP contribution in [0.4, 0.5) is 11.4 Å². The van der Waals surface area contributed by atoms with Crippen LogP contribution in [0.1, 0.15) is 34.8 Å². The Hall–Kier alpha value is -3.15. The molecule has 1 heterocycles. The fourth-order valence-corrected chi connectivity index (χ4v) is 3.44. The zero-order valence-electron chi connectivity index (χ0n) is 16.3. The van der Waals surface area contributed by atoms with Gasteiger partial charge in [0.15, 0.2) is 0 Å². The number of para-hydroxylation sites is 1. The van der Waals surface area contributed by atoms with E-state index in [4.69, 9.17) is 4.74 Å². The van der Waals surface area contributed by atoms with Gasteiger partial charge in [0.2, 0.25) is 11.8 Å². The molecule has 28 heavy (non-hydrogen) atoms. The quantitative estimate of drug-likeness (QED) is 0.806. The molecule has 0 radical (unpaired) electrons. The van der Waals surface area contributed by atoms with Gasteiger partial charge in [-0.2, -0.15) is 0 Å². The van der Waals surface area contributed by atoms with E-state index < -0.39 is 11.9 Å². The molecule has 0 aromatic heterocycles. The third-order valence-corrected chi connectivity index (χ3v) is 4.82. The van der Waals surface area contributed by atoms with Crippen LogP contribution in [0, 0.1) is 19.8 Å². The van der Waals surface area contributed by atoms with E-state index in [0.717, 1.165) is 16.8 Å². The highest BCUT2D eigenvalue weighted by atomic mass is 16.5. The highest BCUT2D eigenvalue weighted by Crippen LogP contribution is 2.29. The van der Waals surface area contributed by atoms with Gasteiger partial charge in [-0.05, 0) is 44.5 Å². The van der Waals surface area contributed by atoms with Crippen molar-refractivity contribution in [1.82, 2.24) is 0 Å². The molecule has 146 valence electrons. The molecule has 1 atom stereocenters. The molecule has 0 aliphatic carbocycles. The number of benzene rings is 2. The first-order valence-corrected chi connectivity index (χ1v) is 9.35. The van der Waals surface area contributed by atoms with E-state index in [0.29, 0.717) is 17.8 Å². The molecule has 1 N–H and O–H groups in total. The van der Waals surface area contributed by atoms with Crippen molar-refractivity contribution in [3.8, 4) is 0 Å². The maximum atomic E-state index is 12.8. The lowest BCUT2D eigenvalue weighted by atomic mass is 10.1. The van der Waals surface area contributed by atoms with Crippen molar-refractivity contribution in [3.05, 3.63) is 59.2 Å². The van der Waals surface area contributed by atoms with Crippen molar-refractivity contribution in [2.24, 2.45) is 5.92 Å². The summed E-state index contributed by atoms with van der Waals surface area (Å²) >= 11 is 0. The van der Waals surface area contributed by atoms with Crippen LogP contribution in [-0.4, -0.2) is 30.9 Å². The molecule has 1 aliphatic heterocycles. The van der Waals surface area contributed by atoms with Crippen LogP contribution in [0.15, 0.2) is 42.5 Å². The first-order chi connectivity index (χ1) is 13.4. The van der Waals surface area contributed by atoms with Crippen LogP contribution < -0.4 is 10.2 Å². The Morgan fingerprint density at radius 1 is 1.18 bits per heavy atom. The zero-order valence-corrected chi connectivity index (χ0v) is 16.3. The van der Waals surface area contributed by atoms with Gasteiger partial charge in [-0.1, -0.05) is 29.8 Å². The predicted octanol–water partition coefficient (Wildman–Crippen LogP) is 3.47. The van der Waals surface area contributed by atoms with Gasteiger partial charge in [-0.15, -0.1) is 0 Å². The van der Waals surface area contributed by atoms with Crippen LogP contribution in [0.3, 0.4) is 0 Å². The maximum absolute atomic E-state index is 12.8. The van der Waals surface area contributed by atoms with E-state index in [9.17, 15) is 14.4 Å². The van der Waals surface area contributed by atoms with Crippen molar-refractivity contribution in [1.29, 1.82) is 0 Å². The summed E-state index contributed by atoms with van der Waals surface area (Å²) in [5.74, 6) is -1.33. The second kappa shape index (κ2) is 8.25. The monoisotopic (exact) mass is 380 g/mol. The van der Waals surface area contributed by atoms with Gasteiger partial charge in [0.05, 0.1) is 23.8 Å². The summed E-state index contributed by atoms with van der Waals surface area (Å²) in [4.78, 5) is 39.0. The van der Waals surface area contributed by atoms with Gasteiger partial charge in [-0.25, -0.2) is 4.79 Å². The summed E-state index contributed by atoms with van der Waals surface area (Å²) in [6.07, 6.45) is 0.140. The molecule has 1 unspecified atom stereocenters. The fraction of sp³-hybridized carbons (Fsp3) is 0.318.